The van der Waals surface area contributed by atoms with Crippen molar-refractivity contribution in [3.05, 3.63) is 35.6 Å². The molecule has 1 aromatic rings. The summed E-state index contributed by atoms with van der Waals surface area (Å²) >= 11 is 0. The molecule has 2 aliphatic rings. The number of carbonyl (C=O) groups excluding carboxylic acids is 2. The molecule has 2 N–H and O–H groups in total. The van der Waals surface area contributed by atoms with E-state index in [-0.39, 0.29) is 29.5 Å². The minimum Gasteiger partial charge on any atom is -0.356 e. The van der Waals surface area contributed by atoms with Gasteiger partial charge in [0.2, 0.25) is 11.8 Å². The van der Waals surface area contributed by atoms with E-state index in [2.05, 4.69) is 10.6 Å². The van der Waals surface area contributed by atoms with E-state index < -0.39 is 0 Å². The first kappa shape index (κ1) is 16.0. The van der Waals surface area contributed by atoms with Crippen LogP contribution < -0.4 is 10.6 Å². The van der Waals surface area contributed by atoms with E-state index in [9.17, 15) is 14.0 Å². The predicted octanol–water partition coefficient (Wildman–Crippen LogP) is 2.18. The highest BCUT2D eigenvalue weighted by atomic mass is 19.1. The molecule has 0 radical (unpaired) electrons. The molecule has 2 atom stereocenters. The Morgan fingerprint density at radius 1 is 1.09 bits per heavy atom. The van der Waals surface area contributed by atoms with Crippen molar-refractivity contribution < 1.29 is 14.0 Å². The minimum absolute atomic E-state index is 0.0196. The molecule has 3 rings (SSSR count). The topological polar surface area (TPSA) is 58.2 Å². The normalized spacial score (nSPS) is 23.5. The van der Waals surface area contributed by atoms with Gasteiger partial charge in [0.05, 0.1) is 11.8 Å². The van der Waals surface area contributed by atoms with E-state index in [0.29, 0.717) is 31.0 Å². The summed E-state index contributed by atoms with van der Waals surface area (Å²) in [5.41, 5.74) is 0.596. The van der Waals surface area contributed by atoms with Gasteiger partial charge in [-0.15, -0.1) is 0 Å². The molecular weight excluding hydrogens is 295 g/mol. The van der Waals surface area contributed by atoms with Crippen molar-refractivity contribution in [2.45, 2.75) is 44.6 Å². The van der Waals surface area contributed by atoms with Crippen molar-refractivity contribution in [1.82, 2.24) is 10.6 Å². The van der Waals surface area contributed by atoms with Crippen molar-refractivity contribution in [2.75, 3.05) is 6.54 Å². The summed E-state index contributed by atoms with van der Waals surface area (Å²) < 4.78 is 13.5. The molecule has 2 fully saturated rings. The summed E-state index contributed by atoms with van der Waals surface area (Å²) in [7, 11) is 0. The lowest BCUT2D eigenvalue weighted by Gasteiger charge is -2.11. The van der Waals surface area contributed by atoms with E-state index in [1.165, 1.54) is 18.9 Å². The first-order chi connectivity index (χ1) is 11.1. The van der Waals surface area contributed by atoms with Crippen LogP contribution in [0.2, 0.25) is 0 Å². The number of hydrogen-bond donors (Lipinski definition) is 2. The van der Waals surface area contributed by atoms with E-state index in [0.717, 1.165) is 12.8 Å². The molecular formula is C18H23FN2O2. The second-order valence-corrected chi connectivity index (χ2v) is 6.57. The summed E-state index contributed by atoms with van der Waals surface area (Å²) in [5.74, 6) is -0.706. The number of benzene rings is 1. The van der Waals surface area contributed by atoms with Crippen molar-refractivity contribution in [3.8, 4) is 0 Å². The molecule has 0 bridgehead atoms. The third-order valence-electron chi connectivity index (χ3n) is 4.82. The van der Waals surface area contributed by atoms with Gasteiger partial charge in [0.1, 0.15) is 5.82 Å². The van der Waals surface area contributed by atoms with E-state index in [1.54, 1.807) is 18.2 Å². The van der Waals surface area contributed by atoms with Crippen molar-refractivity contribution >= 4 is 11.8 Å². The minimum atomic E-state index is -0.248. The maximum Gasteiger partial charge on any atom is 0.224 e. The van der Waals surface area contributed by atoms with Crippen LogP contribution in [0, 0.1) is 17.7 Å². The molecule has 0 heterocycles. The third-order valence-corrected chi connectivity index (χ3v) is 4.82. The average molecular weight is 318 g/mol. The fraction of sp³-hybridized carbons (Fsp3) is 0.556. The van der Waals surface area contributed by atoms with Gasteiger partial charge in [-0.1, -0.05) is 31.0 Å². The van der Waals surface area contributed by atoms with Crippen LogP contribution in [-0.2, 0) is 16.0 Å². The van der Waals surface area contributed by atoms with Gasteiger partial charge in [-0.25, -0.2) is 4.39 Å². The molecule has 5 heteroatoms. The molecule has 0 saturated heterocycles. The highest BCUT2D eigenvalue weighted by molar-refractivity contribution is 5.92. The molecule has 1 aromatic carbocycles. The zero-order valence-electron chi connectivity index (χ0n) is 13.2. The number of halogens is 1. The Labute approximate surface area is 135 Å². The molecule has 2 amide bonds. The maximum absolute atomic E-state index is 13.5. The van der Waals surface area contributed by atoms with Gasteiger partial charge >= 0.3 is 0 Å². The Balaban J connectivity index is 1.38. The molecule has 0 spiro atoms. The van der Waals surface area contributed by atoms with Crippen molar-refractivity contribution in [3.63, 3.8) is 0 Å². The zero-order chi connectivity index (χ0) is 16.2. The number of hydrogen-bond acceptors (Lipinski definition) is 2. The lowest BCUT2D eigenvalue weighted by Crippen LogP contribution is -2.35. The van der Waals surface area contributed by atoms with E-state index >= 15 is 0 Å². The summed E-state index contributed by atoms with van der Waals surface area (Å²) in [6.45, 7) is 0.396. The largest absolute Gasteiger partial charge is 0.356 e. The Bertz CT molecular complexity index is 584. The molecule has 4 nitrogen and oxygen atoms in total. The highest BCUT2D eigenvalue weighted by Gasteiger charge is 2.48. The van der Waals surface area contributed by atoms with Crippen LogP contribution >= 0.6 is 0 Å². The fourth-order valence-corrected chi connectivity index (χ4v) is 3.31. The molecule has 23 heavy (non-hydrogen) atoms. The standard InChI is InChI=1S/C18H23FN2O2/c19-16-8-4-1-5-12(16)9-10-20-17(22)14-11-15(14)18(23)21-13-6-2-3-7-13/h1,4-5,8,13-15H,2-3,6-7,9-11H2,(H,20,22)(H,21,23). The zero-order valence-corrected chi connectivity index (χ0v) is 13.2. The maximum atomic E-state index is 13.5. The van der Waals surface area contributed by atoms with Crippen LogP contribution in [0.3, 0.4) is 0 Å². The Morgan fingerprint density at radius 3 is 2.52 bits per heavy atom. The highest BCUT2D eigenvalue weighted by Crippen LogP contribution is 2.39. The Hall–Kier alpha value is -1.91. The monoisotopic (exact) mass is 318 g/mol. The molecule has 124 valence electrons. The van der Waals surface area contributed by atoms with Gasteiger partial charge in [0.25, 0.3) is 0 Å². The average Bonchev–Trinajstić information content (AvgIpc) is 3.20. The van der Waals surface area contributed by atoms with Crippen LogP contribution in [0.15, 0.2) is 24.3 Å². The quantitative estimate of drug-likeness (QED) is 0.844. The molecule has 2 saturated carbocycles. The van der Waals surface area contributed by atoms with Crippen LogP contribution in [0.1, 0.15) is 37.7 Å². The smallest absolute Gasteiger partial charge is 0.224 e. The Kier molecular flexibility index (Phi) is 4.94. The summed E-state index contributed by atoms with van der Waals surface area (Å²) in [5, 5.41) is 5.86. The molecule has 2 unspecified atom stereocenters. The molecule has 0 aliphatic heterocycles. The lowest BCUT2D eigenvalue weighted by atomic mass is 10.1. The SMILES string of the molecule is O=C(NCCc1ccccc1F)C1CC1C(=O)NC1CCCC1. The van der Waals surface area contributed by atoms with Gasteiger partial charge < -0.3 is 10.6 Å². The number of carbonyl (C=O) groups is 2. The van der Waals surface area contributed by atoms with Gasteiger partial charge in [0, 0.05) is 12.6 Å². The van der Waals surface area contributed by atoms with Gasteiger partial charge in [-0.2, -0.15) is 0 Å². The third kappa shape index (κ3) is 4.09. The summed E-state index contributed by atoms with van der Waals surface area (Å²) in [4.78, 5) is 24.1. The lowest BCUT2D eigenvalue weighted by molar-refractivity contribution is -0.127. The van der Waals surface area contributed by atoms with Gasteiger partial charge in [-0.3, -0.25) is 9.59 Å². The van der Waals surface area contributed by atoms with Crippen LogP contribution in [0.5, 0.6) is 0 Å². The van der Waals surface area contributed by atoms with Crippen LogP contribution in [0.4, 0.5) is 4.39 Å². The van der Waals surface area contributed by atoms with E-state index in [4.69, 9.17) is 0 Å². The summed E-state index contributed by atoms with van der Waals surface area (Å²) in [6.07, 6.45) is 5.55. The number of rotatable bonds is 6. The molecule has 0 aromatic heterocycles. The van der Waals surface area contributed by atoms with Crippen LogP contribution in [0.25, 0.3) is 0 Å². The first-order valence-electron chi connectivity index (χ1n) is 8.46. The van der Waals surface area contributed by atoms with Crippen LogP contribution in [-0.4, -0.2) is 24.4 Å². The van der Waals surface area contributed by atoms with Gasteiger partial charge in [0.15, 0.2) is 0 Å². The first-order valence-corrected chi connectivity index (χ1v) is 8.46. The molecule has 2 aliphatic carbocycles. The van der Waals surface area contributed by atoms with Crippen molar-refractivity contribution in [1.29, 1.82) is 0 Å². The second kappa shape index (κ2) is 7.11. The summed E-state index contributed by atoms with van der Waals surface area (Å²) in [6, 6.07) is 6.87. The van der Waals surface area contributed by atoms with Gasteiger partial charge in [-0.05, 0) is 37.3 Å². The number of nitrogens with one attached hydrogen (secondary N) is 2. The Morgan fingerprint density at radius 2 is 1.78 bits per heavy atom. The number of amides is 2. The predicted molar refractivity (Wildman–Crippen MR) is 85.1 cm³/mol. The fourth-order valence-electron chi connectivity index (χ4n) is 3.31. The second-order valence-electron chi connectivity index (χ2n) is 6.57. The van der Waals surface area contributed by atoms with E-state index in [1.807, 2.05) is 0 Å². The van der Waals surface area contributed by atoms with Crippen molar-refractivity contribution in [2.24, 2.45) is 11.8 Å².